The molecule has 1 atom stereocenters. The number of benzene rings is 1. The molecule has 0 aliphatic rings. The van der Waals surface area contributed by atoms with Crippen LogP contribution in [-0.2, 0) is 47.4 Å². The van der Waals surface area contributed by atoms with E-state index in [0.29, 0.717) is 124 Å². The van der Waals surface area contributed by atoms with Crippen LogP contribution < -0.4 is 0 Å². The number of hydrogen-bond donors (Lipinski definition) is 0. The first-order valence-electron chi connectivity index (χ1n) is 14.7. The first kappa shape index (κ1) is 37.4. The fraction of sp³-hybridized carbons (Fsp3) is 0.767. The molecule has 0 heterocycles. The Morgan fingerprint density at radius 3 is 1.17 bits per heavy atom. The third kappa shape index (κ3) is 25.7. The highest BCUT2D eigenvalue weighted by molar-refractivity contribution is 5.89. The van der Waals surface area contributed by atoms with Crippen molar-refractivity contribution in [2.45, 2.75) is 20.3 Å². The van der Waals surface area contributed by atoms with E-state index in [4.69, 9.17) is 47.4 Å². The minimum Gasteiger partial charge on any atom is -0.460 e. The second-order valence-electron chi connectivity index (χ2n) is 8.99. The van der Waals surface area contributed by atoms with Gasteiger partial charge in [0.25, 0.3) is 0 Å². The summed E-state index contributed by atoms with van der Waals surface area (Å²) >= 11 is 0. The lowest BCUT2D eigenvalue weighted by Crippen LogP contribution is -2.15. The largest absolute Gasteiger partial charge is 0.460 e. The molecule has 0 spiro atoms. The van der Waals surface area contributed by atoms with Gasteiger partial charge in [-0.05, 0) is 18.1 Å². The smallest absolute Gasteiger partial charge is 0.338 e. The molecule has 0 amide bonds. The van der Waals surface area contributed by atoms with Gasteiger partial charge in [-0.2, -0.15) is 0 Å². The van der Waals surface area contributed by atoms with Crippen LogP contribution in [0.25, 0.3) is 0 Å². The molecule has 0 bridgehead atoms. The van der Waals surface area contributed by atoms with Gasteiger partial charge in [0.15, 0.2) is 0 Å². The molecule has 1 aromatic carbocycles. The zero-order chi connectivity index (χ0) is 29.5. The Balaban J connectivity index is 1.65. The van der Waals surface area contributed by atoms with Crippen LogP contribution in [0.15, 0.2) is 30.3 Å². The van der Waals surface area contributed by atoms with Gasteiger partial charge in [-0.3, -0.25) is 0 Å². The number of hydrogen-bond acceptors (Lipinski definition) is 11. The highest BCUT2D eigenvalue weighted by atomic mass is 16.6. The van der Waals surface area contributed by atoms with Gasteiger partial charge in [-0.25, -0.2) is 4.79 Å². The Morgan fingerprint density at radius 2 is 0.829 bits per heavy atom. The summed E-state index contributed by atoms with van der Waals surface area (Å²) in [5, 5.41) is 0. The van der Waals surface area contributed by atoms with Gasteiger partial charge in [0.05, 0.1) is 118 Å². The first-order valence-corrected chi connectivity index (χ1v) is 14.7. The summed E-state index contributed by atoms with van der Waals surface area (Å²) in [6, 6.07) is 8.86. The van der Waals surface area contributed by atoms with Crippen molar-refractivity contribution in [3.05, 3.63) is 35.9 Å². The SMILES string of the molecule is CCC(C)COCCOCCOCCOCCOCCOCCOCCOCCOCCOC(=O)c1ccccc1. The third-order valence-corrected chi connectivity index (χ3v) is 5.55. The van der Waals surface area contributed by atoms with Crippen molar-refractivity contribution in [2.75, 3.05) is 126 Å². The lowest BCUT2D eigenvalue weighted by molar-refractivity contribution is -0.0263. The van der Waals surface area contributed by atoms with Crippen LogP contribution in [0.4, 0.5) is 0 Å². The lowest BCUT2D eigenvalue weighted by Gasteiger charge is -2.10. The van der Waals surface area contributed by atoms with E-state index in [1.54, 1.807) is 24.3 Å². The molecule has 0 aliphatic heterocycles. The summed E-state index contributed by atoms with van der Waals surface area (Å²) in [6.07, 6.45) is 1.13. The number of carbonyl (C=O) groups excluding carboxylic acids is 1. The van der Waals surface area contributed by atoms with Gasteiger partial charge in [0.1, 0.15) is 6.61 Å². The van der Waals surface area contributed by atoms with Crippen molar-refractivity contribution in [1.82, 2.24) is 0 Å². The maximum atomic E-state index is 11.8. The van der Waals surface area contributed by atoms with Crippen molar-refractivity contribution in [3.63, 3.8) is 0 Å². The minimum atomic E-state index is -0.353. The second-order valence-corrected chi connectivity index (χ2v) is 8.99. The molecule has 238 valence electrons. The van der Waals surface area contributed by atoms with Gasteiger partial charge >= 0.3 is 5.97 Å². The van der Waals surface area contributed by atoms with Crippen LogP contribution in [0.5, 0.6) is 0 Å². The Hall–Kier alpha value is -1.67. The van der Waals surface area contributed by atoms with E-state index < -0.39 is 0 Å². The monoisotopic (exact) mass is 588 g/mol. The van der Waals surface area contributed by atoms with E-state index in [9.17, 15) is 4.79 Å². The number of rotatable bonds is 31. The van der Waals surface area contributed by atoms with Crippen LogP contribution in [0.3, 0.4) is 0 Å². The molecule has 41 heavy (non-hydrogen) atoms. The van der Waals surface area contributed by atoms with Gasteiger partial charge in [0, 0.05) is 6.61 Å². The number of esters is 1. The van der Waals surface area contributed by atoms with Gasteiger partial charge in [-0.15, -0.1) is 0 Å². The van der Waals surface area contributed by atoms with Crippen molar-refractivity contribution in [3.8, 4) is 0 Å². The molecule has 11 heteroatoms. The van der Waals surface area contributed by atoms with Crippen LogP contribution in [0, 0.1) is 5.92 Å². The first-order chi connectivity index (χ1) is 20.2. The van der Waals surface area contributed by atoms with Crippen LogP contribution in [0.2, 0.25) is 0 Å². The van der Waals surface area contributed by atoms with E-state index in [0.717, 1.165) is 13.0 Å². The highest BCUT2D eigenvalue weighted by Gasteiger charge is 2.05. The molecule has 1 rings (SSSR count). The molecule has 0 aliphatic carbocycles. The van der Waals surface area contributed by atoms with Gasteiger partial charge in [-0.1, -0.05) is 38.5 Å². The highest BCUT2D eigenvalue weighted by Crippen LogP contribution is 2.01. The molecule has 0 saturated heterocycles. The summed E-state index contributed by atoms with van der Waals surface area (Å²) < 4.78 is 54.2. The summed E-state index contributed by atoms with van der Waals surface area (Å²) in [7, 11) is 0. The standard InChI is InChI=1S/C30H52O11/c1-3-28(2)27-40-24-23-38-20-19-36-16-15-34-12-11-32-9-10-33-13-14-35-17-18-37-21-22-39-25-26-41-30(31)29-7-5-4-6-8-29/h4-8,28H,3,9-27H2,1-2H3. The Bertz CT molecular complexity index is 678. The summed E-state index contributed by atoms with van der Waals surface area (Å²) in [4.78, 5) is 11.8. The van der Waals surface area contributed by atoms with Crippen molar-refractivity contribution in [1.29, 1.82) is 0 Å². The average molecular weight is 589 g/mol. The average Bonchev–Trinajstić information content (AvgIpc) is 3.00. The van der Waals surface area contributed by atoms with E-state index in [1.165, 1.54) is 0 Å². The van der Waals surface area contributed by atoms with E-state index in [1.807, 2.05) is 6.07 Å². The molecular weight excluding hydrogens is 536 g/mol. The number of carbonyl (C=O) groups is 1. The Kier molecular flexibility index (Phi) is 27.2. The quantitative estimate of drug-likeness (QED) is 0.0943. The normalized spacial score (nSPS) is 12.0. The molecule has 0 saturated carbocycles. The Labute approximate surface area is 245 Å². The topological polar surface area (TPSA) is 109 Å². The van der Waals surface area contributed by atoms with Crippen LogP contribution in [-0.4, -0.2) is 132 Å². The van der Waals surface area contributed by atoms with Crippen LogP contribution in [0.1, 0.15) is 30.6 Å². The fourth-order valence-electron chi connectivity index (χ4n) is 3.01. The lowest BCUT2D eigenvalue weighted by atomic mass is 10.1. The molecule has 0 aromatic heterocycles. The van der Waals surface area contributed by atoms with Gasteiger partial charge in [0.2, 0.25) is 0 Å². The van der Waals surface area contributed by atoms with Gasteiger partial charge < -0.3 is 47.4 Å². The zero-order valence-corrected chi connectivity index (χ0v) is 25.1. The fourth-order valence-corrected chi connectivity index (χ4v) is 3.01. The van der Waals surface area contributed by atoms with E-state index in [-0.39, 0.29) is 12.6 Å². The summed E-state index contributed by atoms with van der Waals surface area (Å²) in [6.45, 7) is 13.9. The second kappa shape index (κ2) is 29.8. The number of ether oxygens (including phenoxy) is 10. The van der Waals surface area contributed by atoms with Crippen LogP contribution >= 0.6 is 0 Å². The van der Waals surface area contributed by atoms with E-state index >= 15 is 0 Å². The maximum absolute atomic E-state index is 11.8. The molecular formula is C30H52O11. The Morgan fingerprint density at radius 1 is 0.512 bits per heavy atom. The van der Waals surface area contributed by atoms with E-state index in [2.05, 4.69) is 13.8 Å². The van der Waals surface area contributed by atoms with Crippen molar-refractivity contribution >= 4 is 5.97 Å². The summed E-state index contributed by atoms with van der Waals surface area (Å²) in [5.41, 5.74) is 0.529. The molecule has 0 N–H and O–H groups in total. The zero-order valence-electron chi connectivity index (χ0n) is 25.1. The summed E-state index contributed by atoms with van der Waals surface area (Å²) in [5.74, 6) is 0.243. The molecule has 1 aromatic rings. The predicted molar refractivity (Wildman–Crippen MR) is 154 cm³/mol. The minimum absolute atomic E-state index is 0.206. The molecule has 0 fully saturated rings. The molecule has 0 radical (unpaired) electrons. The molecule has 11 nitrogen and oxygen atoms in total. The predicted octanol–water partition coefficient (Wildman–Crippen LogP) is 3.04. The maximum Gasteiger partial charge on any atom is 0.338 e. The molecule has 1 unspecified atom stereocenters. The van der Waals surface area contributed by atoms with Crippen molar-refractivity contribution in [2.24, 2.45) is 5.92 Å². The van der Waals surface area contributed by atoms with Crippen molar-refractivity contribution < 1.29 is 52.2 Å². The third-order valence-electron chi connectivity index (χ3n) is 5.55.